The van der Waals surface area contributed by atoms with Crippen molar-refractivity contribution >= 4 is 59.2 Å². The molecule has 0 aliphatic heterocycles. The molecule has 0 aliphatic carbocycles. The van der Waals surface area contributed by atoms with Crippen molar-refractivity contribution < 1.29 is 13.2 Å². The van der Waals surface area contributed by atoms with Gasteiger partial charge in [0, 0.05) is 14.7 Å². The van der Waals surface area contributed by atoms with E-state index in [1.165, 1.54) is 18.2 Å². The predicted octanol–water partition coefficient (Wildman–Crippen LogP) is 4.21. The van der Waals surface area contributed by atoms with E-state index in [2.05, 4.69) is 15.9 Å². The molecule has 0 aliphatic rings. The molecule has 4 nitrogen and oxygen atoms in total. The predicted molar refractivity (Wildman–Crippen MR) is 101 cm³/mol. The Kier molecular flexibility index (Phi) is 4.69. The summed E-state index contributed by atoms with van der Waals surface area (Å²) in [4.78, 5) is 12.2. The van der Waals surface area contributed by atoms with Gasteiger partial charge in [0.2, 0.25) is 10.0 Å². The van der Waals surface area contributed by atoms with Crippen LogP contribution in [0.2, 0.25) is 0 Å². The highest BCUT2D eigenvalue weighted by molar-refractivity contribution is 9.10. The quantitative estimate of drug-likeness (QED) is 0.506. The Morgan fingerprint density at radius 2 is 1.92 bits per heavy atom. The number of thiophene rings is 1. The fourth-order valence-corrected chi connectivity index (χ4v) is 4.75. The number of benzene rings is 2. The lowest BCUT2D eigenvalue weighted by Crippen LogP contribution is -2.13. The summed E-state index contributed by atoms with van der Waals surface area (Å²) in [6.45, 7) is 0. The third-order valence-electron chi connectivity index (χ3n) is 3.45. The maximum Gasteiger partial charge on any atom is 0.239 e. The zero-order chi connectivity index (χ0) is 17.3. The van der Waals surface area contributed by atoms with Crippen LogP contribution in [0.3, 0.4) is 0 Å². The first-order chi connectivity index (χ1) is 11.4. The van der Waals surface area contributed by atoms with Gasteiger partial charge in [-0.25, -0.2) is 13.6 Å². The van der Waals surface area contributed by atoms with E-state index in [4.69, 9.17) is 5.14 Å². The minimum atomic E-state index is -3.90. The summed E-state index contributed by atoms with van der Waals surface area (Å²) in [7, 11) is -3.90. The van der Waals surface area contributed by atoms with Gasteiger partial charge in [0.25, 0.3) is 0 Å². The van der Waals surface area contributed by atoms with Crippen molar-refractivity contribution in [3.05, 3.63) is 69.5 Å². The van der Waals surface area contributed by atoms with Crippen molar-refractivity contribution in [1.82, 2.24) is 0 Å². The summed E-state index contributed by atoms with van der Waals surface area (Å²) in [6.07, 6.45) is 3.17. The Balaban J connectivity index is 1.93. The number of sulfonamides is 1. The molecule has 7 heteroatoms. The van der Waals surface area contributed by atoms with Crippen molar-refractivity contribution in [2.75, 3.05) is 0 Å². The summed E-state index contributed by atoms with van der Waals surface area (Å²) in [6, 6.07) is 12.3. The van der Waals surface area contributed by atoms with Crippen LogP contribution in [0.25, 0.3) is 16.2 Å². The highest BCUT2D eigenvalue weighted by atomic mass is 79.9. The summed E-state index contributed by atoms with van der Waals surface area (Å²) >= 11 is 4.73. The summed E-state index contributed by atoms with van der Waals surface area (Å²) in [5, 5.41) is 8.21. The zero-order valence-corrected chi connectivity index (χ0v) is 15.5. The lowest BCUT2D eigenvalue weighted by atomic mass is 10.1. The minimum Gasteiger partial charge on any atom is -0.289 e. The van der Waals surface area contributed by atoms with Gasteiger partial charge in [-0.05, 0) is 68.7 Å². The molecule has 2 N–H and O–H groups in total. The van der Waals surface area contributed by atoms with Crippen LogP contribution in [-0.2, 0) is 10.0 Å². The van der Waals surface area contributed by atoms with Crippen LogP contribution < -0.4 is 5.14 Å². The molecule has 24 heavy (non-hydrogen) atoms. The molecule has 122 valence electrons. The Labute approximate surface area is 151 Å². The van der Waals surface area contributed by atoms with Gasteiger partial charge in [-0.1, -0.05) is 18.2 Å². The topological polar surface area (TPSA) is 77.2 Å². The van der Waals surface area contributed by atoms with Crippen LogP contribution in [0.4, 0.5) is 0 Å². The smallest absolute Gasteiger partial charge is 0.239 e. The van der Waals surface area contributed by atoms with E-state index in [9.17, 15) is 13.2 Å². The van der Waals surface area contributed by atoms with E-state index in [0.29, 0.717) is 4.47 Å². The number of fused-ring (bicyclic) bond motifs is 1. The highest BCUT2D eigenvalue weighted by Gasteiger charge is 2.15. The molecule has 1 aromatic heterocycles. The standard InChI is InChI=1S/C17H12BrNO3S2/c18-14-7-5-11(9-17(14)24(19,21)22)15(20)8-6-12-10-23-16-4-2-1-3-13(12)16/h1-10H,(H2,19,21,22). The molecule has 0 atom stereocenters. The van der Waals surface area contributed by atoms with Gasteiger partial charge in [0.05, 0.1) is 4.90 Å². The molecule has 0 amide bonds. The lowest BCUT2D eigenvalue weighted by molar-refractivity contribution is 0.104. The highest BCUT2D eigenvalue weighted by Crippen LogP contribution is 2.27. The van der Waals surface area contributed by atoms with Gasteiger partial charge >= 0.3 is 0 Å². The maximum absolute atomic E-state index is 12.3. The molecule has 0 radical (unpaired) electrons. The second-order valence-corrected chi connectivity index (χ2v) is 8.37. The van der Waals surface area contributed by atoms with E-state index in [0.717, 1.165) is 15.6 Å². The fourth-order valence-electron chi connectivity index (χ4n) is 2.26. The summed E-state index contributed by atoms with van der Waals surface area (Å²) in [5.74, 6) is -0.289. The van der Waals surface area contributed by atoms with E-state index in [1.54, 1.807) is 23.5 Å². The zero-order valence-electron chi connectivity index (χ0n) is 12.3. The maximum atomic E-state index is 12.3. The van der Waals surface area contributed by atoms with Gasteiger partial charge in [-0.2, -0.15) is 0 Å². The lowest BCUT2D eigenvalue weighted by Gasteiger charge is -2.03. The van der Waals surface area contributed by atoms with E-state index in [1.807, 2.05) is 29.6 Å². The SMILES string of the molecule is NS(=O)(=O)c1cc(C(=O)C=Cc2csc3ccccc23)ccc1Br. The number of rotatable bonds is 4. The average Bonchev–Trinajstić information content (AvgIpc) is 2.95. The number of nitrogens with two attached hydrogens (primary N) is 1. The van der Waals surface area contributed by atoms with Crippen molar-refractivity contribution in [1.29, 1.82) is 0 Å². The van der Waals surface area contributed by atoms with Crippen molar-refractivity contribution in [3.63, 3.8) is 0 Å². The third kappa shape index (κ3) is 3.49. The van der Waals surface area contributed by atoms with Gasteiger partial charge in [0.1, 0.15) is 0 Å². The number of halogens is 1. The van der Waals surface area contributed by atoms with E-state index >= 15 is 0 Å². The van der Waals surface area contributed by atoms with Crippen LogP contribution in [0, 0.1) is 0 Å². The number of primary sulfonamides is 1. The second-order valence-electron chi connectivity index (χ2n) is 5.07. The number of allylic oxidation sites excluding steroid dienone is 1. The second kappa shape index (κ2) is 6.60. The van der Waals surface area contributed by atoms with E-state index in [-0.39, 0.29) is 16.2 Å². The summed E-state index contributed by atoms with van der Waals surface area (Å²) < 4.78 is 24.6. The monoisotopic (exact) mass is 421 g/mol. The van der Waals surface area contributed by atoms with Gasteiger partial charge < -0.3 is 0 Å². The molecule has 3 rings (SSSR count). The number of carbonyl (C=O) groups excluding carboxylic acids is 1. The van der Waals surface area contributed by atoms with E-state index < -0.39 is 10.0 Å². The summed E-state index contributed by atoms with van der Waals surface area (Å²) in [5.41, 5.74) is 1.21. The first-order valence-electron chi connectivity index (χ1n) is 6.87. The van der Waals surface area contributed by atoms with Crippen LogP contribution in [0.1, 0.15) is 15.9 Å². The molecule has 0 spiro atoms. The average molecular weight is 422 g/mol. The van der Waals surface area contributed by atoms with Gasteiger partial charge in [-0.15, -0.1) is 11.3 Å². The molecule has 2 aromatic carbocycles. The Morgan fingerprint density at radius 3 is 2.67 bits per heavy atom. The molecule has 3 aromatic rings. The Bertz CT molecular complexity index is 1070. The first-order valence-corrected chi connectivity index (χ1v) is 10.1. The largest absolute Gasteiger partial charge is 0.289 e. The minimum absolute atomic E-state index is 0.109. The normalized spacial score (nSPS) is 12.1. The molecule has 0 fully saturated rings. The van der Waals surface area contributed by atoms with Crippen molar-refractivity contribution in [2.45, 2.75) is 4.90 Å². The molecule has 0 saturated carbocycles. The fraction of sp³-hybridized carbons (Fsp3) is 0. The molecule has 0 saturated heterocycles. The number of hydrogen-bond donors (Lipinski definition) is 1. The first kappa shape index (κ1) is 17.0. The van der Waals surface area contributed by atoms with Crippen LogP contribution in [0.5, 0.6) is 0 Å². The molecule has 0 unspecified atom stereocenters. The van der Waals surface area contributed by atoms with Crippen LogP contribution in [0.15, 0.2) is 63.3 Å². The molecule has 0 bridgehead atoms. The van der Waals surface area contributed by atoms with Crippen LogP contribution >= 0.6 is 27.3 Å². The molecule has 1 heterocycles. The molecular weight excluding hydrogens is 410 g/mol. The van der Waals surface area contributed by atoms with Gasteiger partial charge in [0.15, 0.2) is 5.78 Å². The molecular formula is C17H12BrNO3S2. The Morgan fingerprint density at radius 1 is 1.17 bits per heavy atom. The third-order valence-corrected chi connectivity index (χ3v) is 6.33. The van der Waals surface area contributed by atoms with Crippen molar-refractivity contribution in [2.24, 2.45) is 5.14 Å². The Hall–Kier alpha value is -1.80. The van der Waals surface area contributed by atoms with Gasteiger partial charge in [-0.3, -0.25) is 4.79 Å². The van der Waals surface area contributed by atoms with Crippen LogP contribution in [-0.4, -0.2) is 14.2 Å². The number of hydrogen-bond acceptors (Lipinski definition) is 4. The van der Waals surface area contributed by atoms with Crippen molar-refractivity contribution in [3.8, 4) is 0 Å². The number of carbonyl (C=O) groups is 1. The number of ketones is 1.